The number of fused-ring (bicyclic) bond motifs is 1. The first-order chi connectivity index (χ1) is 15.4. The Balaban J connectivity index is 1.71. The number of methoxy groups -OCH3 is 2. The van der Waals surface area contributed by atoms with Crippen LogP contribution in [0.1, 0.15) is 18.5 Å². The molecule has 2 aromatic rings. The van der Waals surface area contributed by atoms with Crippen molar-refractivity contribution in [1.29, 1.82) is 0 Å². The van der Waals surface area contributed by atoms with Crippen molar-refractivity contribution in [3.8, 4) is 11.5 Å². The number of nitro groups is 1. The molecule has 0 radical (unpaired) electrons. The van der Waals surface area contributed by atoms with Gasteiger partial charge in [-0.3, -0.25) is 19.9 Å². The number of carbonyl (C=O) groups excluding carboxylic acids is 1. The molecule has 0 spiro atoms. The van der Waals surface area contributed by atoms with Gasteiger partial charge >= 0.3 is 0 Å². The number of hydrogen-bond acceptors (Lipinski definition) is 8. The molecule has 2 aliphatic rings. The SMILES string of the molecule is COc1ccc(C2C(C(=O)Nc3ccc([N+](=O)[O-])cc3)=C(C)NC3=NCCN32)cc1OC. The molecule has 10 nitrogen and oxygen atoms in total. The quantitative estimate of drug-likeness (QED) is 0.527. The smallest absolute Gasteiger partial charge is 0.269 e. The summed E-state index contributed by atoms with van der Waals surface area (Å²) in [5.41, 5.74) is 2.48. The number of benzene rings is 2. The Morgan fingerprint density at radius 2 is 1.91 bits per heavy atom. The largest absolute Gasteiger partial charge is 0.493 e. The summed E-state index contributed by atoms with van der Waals surface area (Å²) in [6.45, 7) is 3.11. The van der Waals surface area contributed by atoms with E-state index in [1.807, 2.05) is 30.0 Å². The third-order valence-corrected chi connectivity index (χ3v) is 5.47. The van der Waals surface area contributed by atoms with E-state index in [0.29, 0.717) is 47.5 Å². The number of nitro benzene ring substituents is 1. The van der Waals surface area contributed by atoms with Crippen molar-refractivity contribution in [2.24, 2.45) is 4.99 Å². The third kappa shape index (κ3) is 3.82. The van der Waals surface area contributed by atoms with Crippen molar-refractivity contribution >= 4 is 23.2 Å². The zero-order valence-corrected chi connectivity index (χ0v) is 17.9. The molecule has 1 atom stereocenters. The predicted octanol–water partition coefficient (Wildman–Crippen LogP) is 2.84. The number of amides is 1. The van der Waals surface area contributed by atoms with E-state index >= 15 is 0 Å². The number of non-ortho nitro benzene ring substituents is 1. The standard InChI is InChI=1S/C22H23N5O5/c1-13-19(21(28)25-15-5-7-16(8-6-15)27(29)30)20(26-11-10-23-22(26)24-13)14-4-9-17(31-2)18(12-14)32-3/h4-9,12,20H,10-11H2,1-3H3,(H,23,24)(H,25,28). The van der Waals surface area contributed by atoms with Gasteiger partial charge in [0.2, 0.25) is 0 Å². The maximum atomic E-state index is 13.4. The number of guanidine groups is 1. The van der Waals surface area contributed by atoms with Gasteiger partial charge in [-0.1, -0.05) is 6.07 Å². The Labute approximate surface area is 184 Å². The Bertz CT molecular complexity index is 1130. The lowest BCUT2D eigenvalue weighted by molar-refractivity contribution is -0.384. The number of carbonyl (C=O) groups is 1. The molecule has 4 rings (SSSR count). The Kier molecular flexibility index (Phi) is 5.67. The van der Waals surface area contributed by atoms with E-state index in [0.717, 1.165) is 5.56 Å². The highest BCUT2D eigenvalue weighted by molar-refractivity contribution is 6.07. The van der Waals surface area contributed by atoms with Gasteiger partial charge in [-0.25, -0.2) is 0 Å². The summed E-state index contributed by atoms with van der Waals surface area (Å²) >= 11 is 0. The summed E-state index contributed by atoms with van der Waals surface area (Å²) < 4.78 is 10.8. The fourth-order valence-electron chi connectivity index (χ4n) is 3.95. The van der Waals surface area contributed by atoms with Gasteiger partial charge in [0.1, 0.15) is 0 Å². The molecule has 0 aromatic heterocycles. The summed E-state index contributed by atoms with van der Waals surface area (Å²) in [5.74, 6) is 1.57. The lowest BCUT2D eigenvalue weighted by atomic mass is 9.92. The summed E-state index contributed by atoms with van der Waals surface area (Å²) in [4.78, 5) is 30.3. The second kappa shape index (κ2) is 8.58. The molecule has 0 saturated carbocycles. The van der Waals surface area contributed by atoms with Crippen molar-refractivity contribution in [2.45, 2.75) is 13.0 Å². The van der Waals surface area contributed by atoms with E-state index < -0.39 is 11.0 Å². The maximum Gasteiger partial charge on any atom is 0.269 e. The third-order valence-electron chi connectivity index (χ3n) is 5.47. The Morgan fingerprint density at radius 3 is 2.56 bits per heavy atom. The van der Waals surface area contributed by atoms with E-state index in [1.165, 1.54) is 24.3 Å². The van der Waals surface area contributed by atoms with Gasteiger partial charge in [-0.05, 0) is 36.8 Å². The normalized spacial score (nSPS) is 17.3. The molecule has 166 valence electrons. The van der Waals surface area contributed by atoms with Gasteiger partial charge in [0.15, 0.2) is 17.5 Å². The van der Waals surface area contributed by atoms with Crippen LogP contribution in [0, 0.1) is 10.1 Å². The molecule has 1 amide bonds. The first kappa shape index (κ1) is 21.2. The number of anilines is 1. The molecule has 0 bridgehead atoms. The lowest BCUT2D eigenvalue weighted by Gasteiger charge is -2.37. The first-order valence-electron chi connectivity index (χ1n) is 9.99. The van der Waals surface area contributed by atoms with Gasteiger partial charge in [-0.2, -0.15) is 0 Å². The highest BCUT2D eigenvalue weighted by Crippen LogP contribution is 2.39. The van der Waals surface area contributed by atoms with Crippen molar-refractivity contribution in [3.05, 3.63) is 69.4 Å². The molecule has 2 aliphatic heterocycles. The topological polar surface area (TPSA) is 118 Å². The van der Waals surface area contributed by atoms with Crippen molar-refractivity contribution in [2.75, 3.05) is 32.6 Å². The number of hydrogen-bond donors (Lipinski definition) is 2. The van der Waals surface area contributed by atoms with Crippen LogP contribution in [0.4, 0.5) is 11.4 Å². The molecule has 10 heteroatoms. The minimum atomic E-state index is -0.481. The molecule has 0 saturated heterocycles. The van der Waals surface area contributed by atoms with Crippen LogP contribution in [0.2, 0.25) is 0 Å². The number of ether oxygens (including phenoxy) is 2. The number of nitrogens with zero attached hydrogens (tertiary/aromatic N) is 3. The fraction of sp³-hybridized carbons (Fsp3) is 0.273. The zero-order chi connectivity index (χ0) is 22.8. The van der Waals surface area contributed by atoms with Crippen LogP contribution in [-0.4, -0.2) is 49.0 Å². The summed E-state index contributed by atoms with van der Waals surface area (Å²) in [6.07, 6.45) is 0. The number of allylic oxidation sites excluding steroid dienone is 1. The average molecular weight is 437 g/mol. The molecule has 2 N–H and O–H groups in total. The van der Waals surface area contributed by atoms with E-state index in [1.54, 1.807) is 14.2 Å². The number of rotatable bonds is 6. The van der Waals surface area contributed by atoms with Crippen LogP contribution in [0.15, 0.2) is 58.7 Å². The van der Waals surface area contributed by atoms with Gasteiger partial charge in [0, 0.05) is 30.1 Å². The maximum absolute atomic E-state index is 13.4. The van der Waals surface area contributed by atoms with E-state index in [9.17, 15) is 14.9 Å². The van der Waals surface area contributed by atoms with Gasteiger partial charge in [0.05, 0.1) is 37.3 Å². The fourth-order valence-corrected chi connectivity index (χ4v) is 3.95. The van der Waals surface area contributed by atoms with Crippen LogP contribution in [0.25, 0.3) is 0 Å². The van der Waals surface area contributed by atoms with Crippen molar-refractivity contribution in [3.63, 3.8) is 0 Å². The van der Waals surface area contributed by atoms with E-state index in [4.69, 9.17) is 9.47 Å². The second-order valence-corrected chi connectivity index (χ2v) is 7.34. The molecular formula is C22H23N5O5. The van der Waals surface area contributed by atoms with Crippen molar-refractivity contribution < 1.29 is 19.2 Å². The summed E-state index contributed by atoms with van der Waals surface area (Å²) in [6, 6.07) is 10.9. The average Bonchev–Trinajstić information content (AvgIpc) is 3.25. The molecule has 2 heterocycles. The van der Waals surface area contributed by atoms with E-state index in [2.05, 4.69) is 15.6 Å². The minimum Gasteiger partial charge on any atom is -0.493 e. The second-order valence-electron chi connectivity index (χ2n) is 7.34. The molecule has 32 heavy (non-hydrogen) atoms. The summed E-state index contributed by atoms with van der Waals surface area (Å²) in [5, 5.41) is 17.0. The zero-order valence-electron chi connectivity index (χ0n) is 17.9. The highest BCUT2D eigenvalue weighted by atomic mass is 16.6. The van der Waals surface area contributed by atoms with Gasteiger partial charge in [-0.15, -0.1) is 0 Å². The number of aliphatic imine (C=N–C) groups is 1. The molecule has 1 unspecified atom stereocenters. The highest BCUT2D eigenvalue weighted by Gasteiger charge is 2.38. The molecular weight excluding hydrogens is 414 g/mol. The lowest BCUT2D eigenvalue weighted by Crippen LogP contribution is -2.47. The van der Waals surface area contributed by atoms with Crippen LogP contribution < -0.4 is 20.1 Å². The van der Waals surface area contributed by atoms with Crippen LogP contribution in [0.3, 0.4) is 0 Å². The number of nitrogens with one attached hydrogen (secondary N) is 2. The van der Waals surface area contributed by atoms with Crippen LogP contribution in [0.5, 0.6) is 11.5 Å². The van der Waals surface area contributed by atoms with Crippen LogP contribution >= 0.6 is 0 Å². The minimum absolute atomic E-state index is 0.0427. The van der Waals surface area contributed by atoms with Crippen molar-refractivity contribution in [1.82, 2.24) is 10.2 Å². The Hall–Kier alpha value is -4.08. The Morgan fingerprint density at radius 1 is 1.19 bits per heavy atom. The molecule has 2 aromatic carbocycles. The molecule has 0 fully saturated rings. The first-order valence-corrected chi connectivity index (χ1v) is 9.99. The van der Waals surface area contributed by atoms with E-state index in [-0.39, 0.29) is 11.6 Å². The monoisotopic (exact) mass is 437 g/mol. The van der Waals surface area contributed by atoms with Gasteiger partial charge < -0.3 is 25.0 Å². The molecule has 0 aliphatic carbocycles. The predicted molar refractivity (Wildman–Crippen MR) is 119 cm³/mol. The van der Waals surface area contributed by atoms with Gasteiger partial charge in [0.25, 0.3) is 11.6 Å². The van der Waals surface area contributed by atoms with Crippen LogP contribution in [-0.2, 0) is 4.79 Å². The summed E-state index contributed by atoms with van der Waals surface area (Å²) in [7, 11) is 3.14.